The Morgan fingerprint density at radius 3 is 1.67 bits per heavy atom. The number of benzene rings is 5. The van der Waals surface area contributed by atoms with Gasteiger partial charge in [-0.25, -0.2) is 9.97 Å². The van der Waals surface area contributed by atoms with Crippen molar-refractivity contribution >= 4 is 54.4 Å². The van der Waals surface area contributed by atoms with Crippen molar-refractivity contribution in [3.05, 3.63) is 109 Å². The highest BCUT2D eigenvalue weighted by molar-refractivity contribution is 7.99. The highest BCUT2D eigenvalue weighted by Crippen LogP contribution is 2.37. The standard InChI is InChI=1S/C32H24N4O7S3/c33-21-5-1-19(2-6-21)31-32(20-3-7-22(34)8-4-20)36-28-17-23(9-15-27(28)35-31)43-29-16-12-25(18-30(29)46(40,41)42)44-24-10-13-26(14-11-24)45(37,38)39/h1-18H,33-34H2,(H,37,38,39)(H,40,41,42). The van der Waals surface area contributed by atoms with Crippen LogP contribution in [0.4, 0.5) is 11.4 Å². The van der Waals surface area contributed by atoms with Crippen molar-refractivity contribution in [2.75, 3.05) is 11.5 Å². The fraction of sp³-hybridized carbons (Fsp3) is 0. The summed E-state index contributed by atoms with van der Waals surface area (Å²) in [6.07, 6.45) is 0. The smallest absolute Gasteiger partial charge is 0.298 e. The fourth-order valence-electron chi connectivity index (χ4n) is 4.56. The summed E-state index contributed by atoms with van der Waals surface area (Å²) in [5.41, 5.74) is 16.8. The molecule has 0 radical (unpaired) electrons. The lowest BCUT2D eigenvalue weighted by molar-refractivity contribution is 0.449. The number of hydrogen-bond acceptors (Lipinski definition) is 10. The SMILES string of the molecule is Nc1ccc(-c2nc3ccc(Oc4ccc(Sc5ccc(S(=O)(=O)O)cc5)cc4S(=O)(=O)O)cc3nc2-c2ccc(N)cc2)cc1. The fourth-order valence-corrected chi connectivity index (χ4v) is 6.61. The van der Waals surface area contributed by atoms with E-state index in [-0.39, 0.29) is 16.4 Å². The third-order valence-corrected chi connectivity index (χ3v) is 9.52. The summed E-state index contributed by atoms with van der Waals surface area (Å²) in [7, 11) is -9.08. The van der Waals surface area contributed by atoms with E-state index in [1.54, 1.807) is 48.5 Å². The third kappa shape index (κ3) is 6.80. The Morgan fingerprint density at radius 1 is 0.587 bits per heavy atom. The minimum Gasteiger partial charge on any atom is -0.456 e. The quantitative estimate of drug-likeness (QED) is 0.100. The lowest BCUT2D eigenvalue weighted by atomic mass is 10.0. The van der Waals surface area contributed by atoms with Gasteiger partial charge in [0.1, 0.15) is 16.4 Å². The number of nitrogens with two attached hydrogens (primary N) is 2. The molecule has 0 unspecified atom stereocenters. The first-order valence-electron chi connectivity index (χ1n) is 13.4. The topological polar surface area (TPSA) is 196 Å². The molecule has 0 saturated carbocycles. The molecule has 0 spiro atoms. The van der Waals surface area contributed by atoms with Crippen LogP contribution in [-0.4, -0.2) is 35.9 Å². The number of ether oxygens (including phenoxy) is 1. The first kappa shape index (κ1) is 31.0. The Labute approximate surface area is 268 Å². The second-order valence-corrected chi connectivity index (χ2v) is 14.0. The first-order valence-corrected chi connectivity index (χ1v) is 17.1. The van der Waals surface area contributed by atoms with Crippen molar-refractivity contribution in [1.82, 2.24) is 9.97 Å². The molecule has 0 aliphatic rings. The van der Waals surface area contributed by atoms with E-state index in [9.17, 15) is 25.9 Å². The molecule has 232 valence electrons. The van der Waals surface area contributed by atoms with E-state index in [1.807, 2.05) is 24.3 Å². The molecule has 0 aliphatic heterocycles. The zero-order valence-corrected chi connectivity index (χ0v) is 26.1. The summed E-state index contributed by atoms with van der Waals surface area (Å²) < 4.78 is 72.5. The van der Waals surface area contributed by atoms with Gasteiger partial charge in [0.2, 0.25) is 0 Å². The number of nitrogens with zero attached hydrogens (tertiary/aromatic N) is 2. The van der Waals surface area contributed by atoms with Crippen LogP contribution >= 0.6 is 11.8 Å². The molecule has 1 aromatic heterocycles. The van der Waals surface area contributed by atoms with Gasteiger partial charge in [0.25, 0.3) is 20.2 Å². The van der Waals surface area contributed by atoms with Gasteiger partial charge >= 0.3 is 0 Å². The number of anilines is 2. The summed E-state index contributed by atoms with van der Waals surface area (Å²) in [5, 5.41) is 0. The Balaban J connectivity index is 1.36. The third-order valence-electron chi connectivity index (χ3n) is 6.78. The molecule has 6 rings (SSSR count). The van der Waals surface area contributed by atoms with Crippen LogP contribution in [-0.2, 0) is 20.2 Å². The van der Waals surface area contributed by atoms with Gasteiger partial charge in [0.15, 0.2) is 0 Å². The summed E-state index contributed by atoms with van der Waals surface area (Å²) >= 11 is 1.11. The van der Waals surface area contributed by atoms with E-state index >= 15 is 0 Å². The minimum absolute atomic E-state index is 0.127. The van der Waals surface area contributed by atoms with Gasteiger partial charge in [-0.2, -0.15) is 16.8 Å². The maximum Gasteiger partial charge on any atom is 0.298 e. The van der Waals surface area contributed by atoms with Crippen LogP contribution in [0.1, 0.15) is 0 Å². The van der Waals surface area contributed by atoms with Crippen molar-refractivity contribution in [3.63, 3.8) is 0 Å². The summed E-state index contributed by atoms with van der Waals surface area (Å²) in [6.45, 7) is 0. The lowest BCUT2D eigenvalue weighted by Crippen LogP contribution is -2.02. The number of hydrogen-bond donors (Lipinski definition) is 4. The Hall–Kier alpha value is -4.99. The van der Waals surface area contributed by atoms with Crippen molar-refractivity contribution in [1.29, 1.82) is 0 Å². The van der Waals surface area contributed by atoms with Crippen molar-refractivity contribution < 1.29 is 30.7 Å². The number of aromatic nitrogens is 2. The maximum absolute atomic E-state index is 12.4. The number of rotatable bonds is 8. The Bertz CT molecular complexity index is 2310. The van der Waals surface area contributed by atoms with Gasteiger partial charge in [0.05, 0.1) is 27.3 Å². The van der Waals surface area contributed by atoms with Gasteiger partial charge in [0, 0.05) is 38.4 Å². The van der Waals surface area contributed by atoms with Crippen LogP contribution in [0.15, 0.2) is 129 Å². The molecule has 0 saturated heterocycles. The van der Waals surface area contributed by atoms with E-state index in [4.69, 9.17) is 26.2 Å². The second kappa shape index (κ2) is 12.1. The first-order chi connectivity index (χ1) is 21.8. The molecule has 6 N–H and O–H groups in total. The number of fused-ring (bicyclic) bond motifs is 1. The average Bonchev–Trinajstić information content (AvgIpc) is 3.01. The van der Waals surface area contributed by atoms with Gasteiger partial charge in [-0.05, 0) is 78.9 Å². The molecule has 14 heteroatoms. The lowest BCUT2D eigenvalue weighted by Gasteiger charge is -2.14. The van der Waals surface area contributed by atoms with E-state index in [1.165, 1.54) is 36.4 Å². The minimum atomic E-state index is -4.72. The number of nitrogen functional groups attached to an aromatic ring is 2. The molecule has 5 aromatic carbocycles. The Morgan fingerprint density at radius 2 is 1.13 bits per heavy atom. The van der Waals surface area contributed by atoms with Gasteiger partial charge in [-0.1, -0.05) is 36.0 Å². The van der Waals surface area contributed by atoms with Gasteiger partial charge < -0.3 is 16.2 Å². The molecule has 0 bridgehead atoms. The molecular weight excluding hydrogens is 649 g/mol. The van der Waals surface area contributed by atoms with Crippen molar-refractivity contribution in [2.45, 2.75) is 19.6 Å². The van der Waals surface area contributed by atoms with Crippen molar-refractivity contribution in [2.24, 2.45) is 0 Å². The zero-order valence-electron chi connectivity index (χ0n) is 23.6. The molecule has 6 aromatic rings. The van der Waals surface area contributed by atoms with Crippen LogP contribution in [0.3, 0.4) is 0 Å². The van der Waals surface area contributed by atoms with E-state index in [0.29, 0.717) is 43.6 Å². The Kier molecular flexibility index (Phi) is 8.14. The molecule has 1 heterocycles. The molecule has 11 nitrogen and oxygen atoms in total. The van der Waals surface area contributed by atoms with E-state index < -0.39 is 25.1 Å². The van der Waals surface area contributed by atoms with Crippen molar-refractivity contribution in [3.8, 4) is 34.0 Å². The maximum atomic E-state index is 12.4. The summed E-state index contributed by atoms with van der Waals surface area (Å²) in [5.74, 6) is 0.120. The van der Waals surface area contributed by atoms with Gasteiger partial charge in [-0.15, -0.1) is 0 Å². The average molecular weight is 673 g/mol. The highest BCUT2D eigenvalue weighted by Gasteiger charge is 2.20. The zero-order chi connectivity index (χ0) is 32.6. The molecule has 0 fully saturated rings. The van der Waals surface area contributed by atoms with Crippen LogP contribution in [0.25, 0.3) is 33.5 Å². The predicted molar refractivity (Wildman–Crippen MR) is 176 cm³/mol. The predicted octanol–water partition coefficient (Wildman–Crippen LogP) is 6.57. The van der Waals surface area contributed by atoms with E-state index in [2.05, 4.69) is 0 Å². The summed E-state index contributed by atoms with van der Waals surface area (Å²) in [6, 6.07) is 29.0. The molecule has 0 atom stereocenters. The van der Waals surface area contributed by atoms with Gasteiger partial charge in [-0.3, -0.25) is 9.11 Å². The molecule has 0 amide bonds. The van der Waals surface area contributed by atoms with Crippen LogP contribution < -0.4 is 16.2 Å². The van der Waals surface area contributed by atoms with Crippen LogP contribution in [0.5, 0.6) is 11.5 Å². The molecule has 0 aliphatic carbocycles. The van der Waals surface area contributed by atoms with Crippen LogP contribution in [0.2, 0.25) is 0 Å². The molecular formula is C32H24N4O7S3. The monoisotopic (exact) mass is 672 g/mol. The normalized spacial score (nSPS) is 11.9. The van der Waals surface area contributed by atoms with E-state index in [0.717, 1.165) is 22.9 Å². The largest absolute Gasteiger partial charge is 0.456 e. The highest BCUT2D eigenvalue weighted by atomic mass is 32.2. The second-order valence-electron chi connectivity index (χ2n) is 10.0. The summed E-state index contributed by atoms with van der Waals surface area (Å²) in [4.78, 5) is 10.00. The molecule has 46 heavy (non-hydrogen) atoms. The van der Waals surface area contributed by atoms with Crippen LogP contribution in [0, 0.1) is 0 Å².